The van der Waals surface area contributed by atoms with Crippen molar-refractivity contribution in [2.45, 2.75) is 24.7 Å². The van der Waals surface area contributed by atoms with Crippen LogP contribution in [0.2, 0.25) is 0 Å². The minimum absolute atomic E-state index is 0.110. The van der Waals surface area contributed by atoms with E-state index in [1.165, 1.54) is 0 Å². The maximum atomic E-state index is 11.9. The van der Waals surface area contributed by atoms with Gasteiger partial charge in [0.2, 0.25) is 0 Å². The molecule has 1 N–H and O–H groups in total. The van der Waals surface area contributed by atoms with E-state index in [2.05, 4.69) is 0 Å². The van der Waals surface area contributed by atoms with Gasteiger partial charge in [-0.25, -0.2) is 0 Å². The van der Waals surface area contributed by atoms with E-state index >= 15 is 0 Å². The highest BCUT2D eigenvalue weighted by Crippen LogP contribution is 2.34. The molecule has 0 amide bonds. The van der Waals surface area contributed by atoms with Crippen LogP contribution in [0.1, 0.15) is 18.4 Å². The number of benzene rings is 1. The Balaban J connectivity index is 1.97. The number of aliphatic hydroxyl groups excluding tert-OH is 1. The van der Waals surface area contributed by atoms with Crippen molar-refractivity contribution in [3.05, 3.63) is 29.8 Å². The molecule has 0 aliphatic heterocycles. The molecule has 2 rings (SSSR count). The van der Waals surface area contributed by atoms with Crippen molar-refractivity contribution in [1.82, 2.24) is 0 Å². The maximum Gasteiger partial charge on any atom is 0.296 e. The summed E-state index contributed by atoms with van der Waals surface area (Å²) in [5, 5.41) is 9.03. The third kappa shape index (κ3) is 2.91. The molecule has 2 atom stereocenters. The van der Waals surface area contributed by atoms with Gasteiger partial charge in [-0.1, -0.05) is 17.7 Å². The lowest BCUT2D eigenvalue weighted by atomic mass is 9.75. The second kappa shape index (κ2) is 5.38. The molecule has 0 bridgehead atoms. The molecule has 1 fully saturated rings. The van der Waals surface area contributed by atoms with Crippen LogP contribution in [-0.4, -0.2) is 26.7 Å². The first-order chi connectivity index (χ1) is 8.53. The average molecular weight is 270 g/mol. The first-order valence-corrected chi connectivity index (χ1v) is 7.50. The zero-order chi connectivity index (χ0) is 13.2. The van der Waals surface area contributed by atoms with Gasteiger partial charge in [0, 0.05) is 6.61 Å². The number of rotatable bonds is 5. The van der Waals surface area contributed by atoms with Crippen LogP contribution in [0.15, 0.2) is 29.2 Å². The molecule has 0 radical (unpaired) electrons. The van der Waals surface area contributed by atoms with E-state index in [4.69, 9.17) is 9.29 Å². The van der Waals surface area contributed by atoms with Crippen molar-refractivity contribution >= 4 is 10.1 Å². The molecule has 1 aromatic carbocycles. The highest BCUT2D eigenvalue weighted by molar-refractivity contribution is 7.86. The fourth-order valence-electron chi connectivity index (χ4n) is 2.05. The summed E-state index contributed by atoms with van der Waals surface area (Å²) >= 11 is 0. The Hall–Kier alpha value is -0.910. The molecule has 0 saturated heterocycles. The summed E-state index contributed by atoms with van der Waals surface area (Å²) in [6.45, 7) is 2.18. The Labute approximate surface area is 108 Å². The molecule has 0 spiro atoms. The van der Waals surface area contributed by atoms with E-state index in [1.807, 2.05) is 6.92 Å². The highest BCUT2D eigenvalue weighted by atomic mass is 32.2. The smallest absolute Gasteiger partial charge is 0.296 e. The third-order valence-corrected chi connectivity index (χ3v) is 4.85. The molecule has 4 nitrogen and oxygen atoms in total. The third-order valence-electron chi connectivity index (χ3n) is 3.56. The number of aliphatic hydroxyl groups is 1. The summed E-state index contributed by atoms with van der Waals surface area (Å²) in [6, 6.07) is 6.59. The standard InChI is InChI=1S/C13H18O4S/c1-10-2-6-13(7-3-10)18(15,16)17-9-12-5-4-11(12)8-14/h2-3,6-7,11-12,14H,4-5,8-9H2,1H3. The van der Waals surface area contributed by atoms with E-state index < -0.39 is 10.1 Å². The number of hydrogen-bond acceptors (Lipinski definition) is 4. The summed E-state index contributed by atoms with van der Waals surface area (Å²) < 4.78 is 28.8. The quantitative estimate of drug-likeness (QED) is 0.827. The lowest BCUT2D eigenvalue weighted by molar-refractivity contribution is 0.0559. The number of hydrogen-bond donors (Lipinski definition) is 1. The van der Waals surface area contributed by atoms with Gasteiger partial charge in [0.25, 0.3) is 10.1 Å². The van der Waals surface area contributed by atoms with Crippen molar-refractivity contribution in [3.63, 3.8) is 0 Å². The molecule has 0 heterocycles. The Morgan fingerprint density at radius 1 is 1.22 bits per heavy atom. The van der Waals surface area contributed by atoms with E-state index in [-0.39, 0.29) is 29.9 Å². The molecule has 100 valence electrons. The van der Waals surface area contributed by atoms with Crippen LogP contribution >= 0.6 is 0 Å². The Bertz CT molecular complexity index is 490. The Morgan fingerprint density at radius 3 is 2.33 bits per heavy atom. The second-order valence-corrected chi connectivity index (χ2v) is 6.45. The van der Waals surface area contributed by atoms with Crippen LogP contribution in [-0.2, 0) is 14.3 Å². The minimum atomic E-state index is -3.66. The van der Waals surface area contributed by atoms with Crippen molar-refractivity contribution in [2.24, 2.45) is 11.8 Å². The average Bonchev–Trinajstić information content (AvgIpc) is 2.28. The van der Waals surface area contributed by atoms with Gasteiger partial charge >= 0.3 is 0 Å². The van der Waals surface area contributed by atoms with Crippen LogP contribution in [0, 0.1) is 18.8 Å². The fraction of sp³-hybridized carbons (Fsp3) is 0.538. The monoisotopic (exact) mass is 270 g/mol. The predicted octanol–water partition coefficient (Wildman–Crippen LogP) is 1.72. The van der Waals surface area contributed by atoms with E-state index in [1.54, 1.807) is 24.3 Å². The Morgan fingerprint density at radius 2 is 1.83 bits per heavy atom. The summed E-state index contributed by atoms with van der Waals surface area (Å²) in [5.41, 5.74) is 1.01. The van der Waals surface area contributed by atoms with Crippen molar-refractivity contribution in [1.29, 1.82) is 0 Å². The zero-order valence-corrected chi connectivity index (χ0v) is 11.2. The predicted molar refractivity (Wildman–Crippen MR) is 67.6 cm³/mol. The molecule has 1 aliphatic carbocycles. The first kappa shape index (κ1) is 13.5. The molecular formula is C13H18O4S. The largest absolute Gasteiger partial charge is 0.396 e. The summed E-state index contributed by atoms with van der Waals surface area (Å²) in [7, 11) is -3.66. The maximum absolute atomic E-state index is 11.9. The lowest BCUT2D eigenvalue weighted by Gasteiger charge is -2.34. The molecular weight excluding hydrogens is 252 g/mol. The topological polar surface area (TPSA) is 63.6 Å². The lowest BCUT2D eigenvalue weighted by Crippen LogP contribution is -2.33. The summed E-state index contributed by atoms with van der Waals surface area (Å²) in [5.74, 6) is 0.355. The van der Waals surface area contributed by atoms with Crippen LogP contribution in [0.5, 0.6) is 0 Å². The van der Waals surface area contributed by atoms with Gasteiger partial charge in [-0.3, -0.25) is 4.18 Å². The van der Waals surface area contributed by atoms with Gasteiger partial charge in [0.15, 0.2) is 0 Å². The minimum Gasteiger partial charge on any atom is -0.396 e. The van der Waals surface area contributed by atoms with Gasteiger partial charge < -0.3 is 5.11 Å². The summed E-state index contributed by atoms with van der Waals surface area (Å²) in [4.78, 5) is 0.188. The van der Waals surface area contributed by atoms with Crippen molar-refractivity contribution in [3.8, 4) is 0 Å². The van der Waals surface area contributed by atoms with Gasteiger partial charge in [0.05, 0.1) is 11.5 Å². The molecule has 1 aliphatic rings. The van der Waals surface area contributed by atoms with E-state index in [0.29, 0.717) is 0 Å². The van der Waals surface area contributed by atoms with Crippen LogP contribution in [0.4, 0.5) is 0 Å². The van der Waals surface area contributed by atoms with Crippen LogP contribution < -0.4 is 0 Å². The highest BCUT2D eigenvalue weighted by Gasteiger charge is 2.31. The number of aryl methyl sites for hydroxylation is 1. The molecule has 0 aromatic heterocycles. The molecule has 1 aromatic rings. The van der Waals surface area contributed by atoms with E-state index in [0.717, 1.165) is 18.4 Å². The summed E-state index contributed by atoms with van der Waals surface area (Å²) in [6.07, 6.45) is 1.88. The Kier molecular flexibility index (Phi) is 4.04. The zero-order valence-electron chi connectivity index (χ0n) is 10.4. The van der Waals surface area contributed by atoms with E-state index in [9.17, 15) is 8.42 Å². The molecule has 2 unspecified atom stereocenters. The fourth-order valence-corrected chi connectivity index (χ4v) is 3.01. The van der Waals surface area contributed by atoms with Gasteiger partial charge in [-0.05, 0) is 43.7 Å². The SMILES string of the molecule is Cc1ccc(S(=O)(=O)OCC2CCC2CO)cc1. The van der Waals surface area contributed by atoms with Gasteiger partial charge in [-0.2, -0.15) is 8.42 Å². The van der Waals surface area contributed by atoms with Crippen LogP contribution in [0.25, 0.3) is 0 Å². The van der Waals surface area contributed by atoms with Gasteiger partial charge in [-0.15, -0.1) is 0 Å². The van der Waals surface area contributed by atoms with Crippen molar-refractivity contribution < 1.29 is 17.7 Å². The molecule has 5 heteroatoms. The molecule has 18 heavy (non-hydrogen) atoms. The molecule has 1 saturated carbocycles. The first-order valence-electron chi connectivity index (χ1n) is 6.10. The normalized spacial score (nSPS) is 23.7. The van der Waals surface area contributed by atoms with Crippen LogP contribution in [0.3, 0.4) is 0 Å². The second-order valence-electron chi connectivity index (χ2n) is 4.83. The van der Waals surface area contributed by atoms with Gasteiger partial charge in [0.1, 0.15) is 0 Å². The van der Waals surface area contributed by atoms with Crippen molar-refractivity contribution in [2.75, 3.05) is 13.2 Å².